The second-order valence-corrected chi connectivity index (χ2v) is 21.1. The molecule has 2 saturated carbocycles. The molecule has 342 valence electrons. The fourth-order valence-corrected chi connectivity index (χ4v) is 11.1. The van der Waals surface area contributed by atoms with Crippen molar-refractivity contribution in [3.63, 3.8) is 0 Å². The zero-order valence-corrected chi connectivity index (χ0v) is 38.6. The van der Waals surface area contributed by atoms with Crippen molar-refractivity contribution < 1.29 is 47.6 Å². The molecular formula is C45H61N6O10PS. The van der Waals surface area contributed by atoms with Crippen molar-refractivity contribution in [2.75, 3.05) is 44.5 Å². The molecule has 1 aromatic carbocycles. The summed E-state index contributed by atoms with van der Waals surface area (Å²) < 4.78 is 36.6. The number of nitrogens with zero attached hydrogens (tertiary/aromatic N) is 4. The molecule has 4 heterocycles. The number of hydrogen-bond acceptors (Lipinski definition) is 13. The highest BCUT2D eigenvalue weighted by Gasteiger charge is 2.61. The maximum Gasteiger partial charge on any atom is 0.408 e. The van der Waals surface area contributed by atoms with Crippen molar-refractivity contribution in [2.24, 2.45) is 5.92 Å². The number of pyridine rings is 1. The third-order valence-corrected chi connectivity index (χ3v) is 15.2. The van der Waals surface area contributed by atoms with E-state index < -0.39 is 55.0 Å². The number of aromatic nitrogens is 2. The van der Waals surface area contributed by atoms with E-state index in [0.29, 0.717) is 65.9 Å². The Hall–Kier alpha value is -4.73. The second kappa shape index (κ2) is 20.0. The molecule has 2 aliphatic carbocycles. The van der Waals surface area contributed by atoms with E-state index in [-0.39, 0.29) is 37.5 Å². The van der Waals surface area contributed by atoms with Crippen molar-refractivity contribution in [2.45, 2.75) is 127 Å². The van der Waals surface area contributed by atoms with Crippen molar-refractivity contribution in [3.05, 3.63) is 41.8 Å². The van der Waals surface area contributed by atoms with Crippen molar-refractivity contribution in [3.8, 4) is 22.9 Å². The van der Waals surface area contributed by atoms with E-state index in [0.717, 1.165) is 50.1 Å². The number of aliphatic carboxylic acids is 1. The molecule has 3 N–H and O–H groups in total. The van der Waals surface area contributed by atoms with Crippen LogP contribution >= 0.6 is 18.7 Å². The number of alkyl carbamates (subject to hydrolysis) is 1. The number of carbonyl (C=O) groups excluding carboxylic acids is 3. The van der Waals surface area contributed by atoms with Gasteiger partial charge in [-0.1, -0.05) is 25.0 Å². The normalized spacial score (nSPS) is 25.8. The first-order valence-corrected chi connectivity index (χ1v) is 25.4. The van der Waals surface area contributed by atoms with Crippen LogP contribution in [0.15, 0.2) is 41.8 Å². The number of fused-ring (bicyclic) bond motifs is 3. The quantitative estimate of drug-likeness (QED) is 0.107. The molecule has 7 rings (SSSR count). The molecule has 3 aromatic rings. The average Bonchev–Trinajstić information content (AvgIpc) is 3.69. The Morgan fingerprint density at radius 2 is 1.86 bits per heavy atom. The summed E-state index contributed by atoms with van der Waals surface area (Å²) in [5.41, 5.74) is 0.217. The molecule has 0 bridgehead atoms. The number of rotatable bonds is 14. The fourth-order valence-electron chi connectivity index (χ4n) is 8.91. The maximum atomic E-state index is 14.7. The number of amides is 3. The summed E-state index contributed by atoms with van der Waals surface area (Å²) in [7, 11) is -1.21. The van der Waals surface area contributed by atoms with E-state index in [1.165, 1.54) is 16.2 Å². The van der Waals surface area contributed by atoms with E-state index in [1.807, 2.05) is 30.5 Å². The Morgan fingerprint density at radius 1 is 1.08 bits per heavy atom. The lowest BCUT2D eigenvalue weighted by atomic mass is 10.0. The van der Waals surface area contributed by atoms with Gasteiger partial charge in [-0.15, -0.1) is 11.3 Å². The number of carboxylic acids is 1. The Balaban J connectivity index is 1.19. The summed E-state index contributed by atoms with van der Waals surface area (Å²) >= 11 is 1.45. The number of nitrogens with one attached hydrogen (secondary N) is 2. The van der Waals surface area contributed by atoms with Crippen molar-refractivity contribution >= 4 is 58.6 Å². The number of anilines is 1. The topological polar surface area (TPSA) is 199 Å². The first kappa shape index (κ1) is 46.3. The first-order valence-electron chi connectivity index (χ1n) is 22.3. The molecule has 0 spiro atoms. The molecule has 16 nitrogen and oxygen atoms in total. The number of methoxy groups -OCH3 is 1. The molecule has 63 heavy (non-hydrogen) atoms. The van der Waals surface area contributed by atoms with Crippen molar-refractivity contribution in [1.29, 1.82) is 0 Å². The number of benzene rings is 1. The minimum atomic E-state index is -2.78. The molecule has 3 fully saturated rings. The lowest BCUT2D eigenvalue weighted by Crippen LogP contribution is -2.56. The van der Waals surface area contributed by atoms with Gasteiger partial charge in [0.25, 0.3) is 0 Å². The molecule has 6 atom stereocenters. The van der Waals surface area contributed by atoms with Crippen LogP contribution in [0.5, 0.6) is 11.5 Å². The fraction of sp³-hybridized carbons (Fsp3) is 0.600. The zero-order chi connectivity index (χ0) is 44.9. The molecule has 1 saturated heterocycles. The smallest absolute Gasteiger partial charge is 0.408 e. The van der Waals surface area contributed by atoms with Crippen LogP contribution in [0, 0.1) is 5.92 Å². The first-order chi connectivity index (χ1) is 30.2. The number of ether oxygens (including phenoxy) is 3. The molecule has 18 heteroatoms. The Labute approximate surface area is 372 Å². The van der Waals surface area contributed by atoms with Gasteiger partial charge in [0, 0.05) is 60.7 Å². The highest BCUT2D eigenvalue weighted by molar-refractivity contribution is 7.58. The molecule has 1 unspecified atom stereocenters. The number of allylic oxidation sites excluding steroid dienone is 1. The summed E-state index contributed by atoms with van der Waals surface area (Å²) in [6, 6.07) is 5.25. The molecule has 4 aliphatic rings. The Bertz CT molecular complexity index is 2230. The molecule has 3 amide bonds. The SMILES string of the molecule is CCOP(C)(=O)CCN(c1nc(-c2cc(O[C@@H]3C[C@H]4C(=O)N[C@]5(C(=O)O)C[C@H]5/C=C\CCCCC[C@H](NC(=O)OC5CCCC5)C(=O)N4C3)c3ccc(OC)cc3n2)cs1)C(C)C. The molecular weight excluding hydrogens is 848 g/mol. The van der Waals surface area contributed by atoms with Gasteiger partial charge in [-0.25, -0.2) is 19.6 Å². The van der Waals surface area contributed by atoms with Gasteiger partial charge in [0.1, 0.15) is 47.0 Å². The van der Waals surface area contributed by atoms with E-state index in [4.69, 9.17) is 28.7 Å². The Morgan fingerprint density at radius 3 is 2.59 bits per heavy atom. The summed E-state index contributed by atoms with van der Waals surface area (Å²) in [4.78, 5) is 68.4. The van der Waals surface area contributed by atoms with Crippen LogP contribution in [-0.2, 0) is 28.2 Å². The molecule has 2 aromatic heterocycles. The maximum absolute atomic E-state index is 14.7. The number of carbonyl (C=O) groups is 4. The molecule has 2 aliphatic heterocycles. The van der Waals surface area contributed by atoms with Crippen LogP contribution in [0.3, 0.4) is 0 Å². The van der Waals surface area contributed by atoms with Gasteiger partial charge in [0.15, 0.2) is 5.13 Å². The third kappa shape index (κ3) is 11.0. The summed E-state index contributed by atoms with van der Waals surface area (Å²) in [6.45, 7) is 8.46. The average molecular weight is 909 g/mol. The minimum Gasteiger partial charge on any atom is -0.497 e. The van der Waals surface area contributed by atoms with Crippen LogP contribution < -0.4 is 25.0 Å². The predicted octanol–water partition coefficient (Wildman–Crippen LogP) is 7.39. The van der Waals surface area contributed by atoms with Crippen molar-refractivity contribution in [1.82, 2.24) is 25.5 Å². The molecule has 0 radical (unpaired) electrons. The van der Waals surface area contributed by atoms with Crippen LogP contribution in [-0.4, -0.2) is 119 Å². The number of carboxylic acid groups (broad SMARTS) is 1. The van der Waals surface area contributed by atoms with Gasteiger partial charge in [-0.2, -0.15) is 0 Å². The predicted molar refractivity (Wildman–Crippen MR) is 241 cm³/mol. The van der Waals surface area contributed by atoms with Crippen LogP contribution in [0.1, 0.15) is 91.4 Å². The van der Waals surface area contributed by atoms with Gasteiger partial charge in [0.05, 0.1) is 31.5 Å². The van der Waals surface area contributed by atoms with Gasteiger partial charge in [-0.05, 0) is 84.3 Å². The van der Waals surface area contributed by atoms with E-state index >= 15 is 0 Å². The van der Waals surface area contributed by atoms with Gasteiger partial charge < -0.3 is 44.3 Å². The summed E-state index contributed by atoms with van der Waals surface area (Å²) in [5.74, 6) is -1.52. The minimum absolute atomic E-state index is 0.00128. The van der Waals surface area contributed by atoms with Crippen LogP contribution in [0.2, 0.25) is 0 Å². The lowest BCUT2D eigenvalue weighted by molar-refractivity contribution is -0.145. The standard InChI is InChI=1S/C45H61N6O10PS/c1-6-59-62(5,57)21-20-50(28(2)3)43-47-37(27-63-43)36-24-39(33-19-18-31(58-4)22-35(33)46-36)60-32-23-38-40(52)49-45(42(54)55)25-29(45)14-10-8-7-9-11-17-34(41(53)51(38)26-32)48-44(56)61-30-15-12-13-16-30/h10,14,18-19,22,24,27-30,32,34,38H,6-9,11-13,15-17,20-21,23,25-26H2,1-5H3,(H,48,56)(H,49,52)(H,54,55)/b14-10-/t29-,32-,34+,38+,45-,62?/m1/s1. The highest BCUT2D eigenvalue weighted by atomic mass is 32.1. The number of hydrogen-bond donors (Lipinski definition) is 3. The lowest BCUT2D eigenvalue weighted by Gasteiger charge is -2.29. The monoisotopic (exact) mass is 908 g/mol. The number of thiazole rings is 1. The van der Waals surface area contributed by atoms with E-state index in [2.05, 4.69) is 29.4 Å². The van der Waals surface area contributed by atoms with Gasteiger partial charge >= 0.3 is 12.1 Å². The largest absolute Gasteiger partial charge is 0.497 e. The summed E-state index contributed by atoms with van der Waals surface area (Å²) in [6.07, 6.45) is 9.80. The third-order valence-electron chi connectivity index (χ3n) is 12.5. The second-order valence-electron chi connectivity index (χ2n) is 17.5. The van der Waals surface area contributed by atoms with E-state index in [1.54, 1.807) is 32.0 Å². The van der Waals surface area contributed by atoms with Crippen LogP contribution in [0.4, 0.5) is 9.93 Å². The van der Waals surface area contributed by atoms with Gasteiger partial charge in [-0.3, -0.25) is 14.2 Å². The van der Waals surface area contributed by atoms with Crippen LogP contribution in [0.25, 0.3) is 22.3 Å². The van der Waals surface area contributed by atoms with E-state index in [9.17, 15) is 28.8 Å². The van der Waals surface area contributed by atoms with Gasteiger partial charge in [0.2, 0.25) is 19.2 Å². The Kier molecular flexibility index (Phi) is 14.7. The highest BCUT2D eigenvalue weighted by Crippen LogP contribution is 2.46. The zero-order valence-electron chi connectivity index (χ0n) is 36.9. The summed E-state index contributed by atoms with van der Waals surface area (Å²) in [5, 5.41) is 19.3.